The van der Waals surface area contributed by atoms with E-state index in [1.165, 1.54) is 12.1 Å². The van der Waals surface area contributed by atoms with Gasteiger partial charge in [-0.15, -0.1) is 0 Å². The number of carboxylic acid groups (broad SMARTS) is 1. The summed E-state index contributed by atoms with van der Waals surface area (Å²) >= 11 is 0. The van der Waals surface area contributed by atoms with Crippen molar-refractivity contribution in [2.24, 2.45) is 0 Å². The van der Waals surface area contributed by atoms with E-state index in [2.05, 4.69) is 10.8 Å². The van der Waals surface area contributed by atoms with Crippen molar-refractivity contribution in [3.8, 4) is 11.1 Å². The Morgan fingerprint density at radius 2 is 1.31 bits per heavy atom. The minimum atomic E-state index is -1.17. The lowest BCUT2D eigenvalue weighted by atomic mass is 9.96. The van der Waals surface area contributed by atoms with Crippen LogP contribution >= 0.6 is 0 Å². The van der Waals surface area contributed by atoms with Gasteiger partial charge in [-0.25, -0.2) is 10.3 Å². The highest BCUT2D eigenvalue weighted by Gasteiger charge is 2.17. The molecule has 0 aromatic heterocycles. The van der Waals surface area contributed by atoms with Gasteiger partial charge < -0.3 is 10.4 Å². The van der Waals surface area contributed by atoms with Gasteiger partial charge in [0.05, 0.1) is 17.7 Å². The molecule has 4 aromatic carbocycles. The molecule has 0 spiro atoms. The Kier molecular flexibility index (Phi) is 7.85. The number of aromatic carboxylic acids is 1. The van der Waals surface area contributed by atoms with Crippen molar-refractivity contribution >= 4 is 17.8 Å². The number of carbonyl (C=O) groups is 3. The fraction of sp³-hybridized carbons (Fsp3) is 0.0690. The Hall–Kier alpha value is -4.75. The molecule has 4 aromatic rings. The molecule has 0 saturated carbocycles. The number of carbonyl (C=O) groups excluding carboxylic acids is 2. The lowest BCUT2D eigenvalue weighted by Gasteiger charge is -2.14. The van der Waals surface area contributed by atoms with Crippen LogP contribution in [0.4, 0.5) is 0 Å². The predicted octanol–water partition coefficient (Wildman–Crippen LogP) is 4.84. The van der Waals surface area contributed by atoms with E-state index in [-0.39, 0.29) is 24.3 Å². The van der Waals surface area contributed by atoms with E-state index in [0.717, 1.165) is 16.7 Å². The summed E-state index contributed by atoms with van der Waals surface area (Å²) in [5.74, 6) is -2.06. The summed E-state index contributed by atoms with van der Waals surface area (Å²) in [5.41, 5.74) is 6.11. The highest BCUT2D eigenvalue weighted by atomic mass is 16.6. The molecular weight excluding hydrogens is 456 g/mol. The van der Waals surface area contributed by atoms with Crippen molar-refractivity contribution in [2.45, 2.75) is 13.2 Å². The normalized spacial score (nSPS) is 10.4. The first-order chi connectivity index (χ1) is 17.5. The lowest BCUT2D eigenvalue weighted by Crippen LogP contribution is -2.26. The van der Waals surface area contributed by atoms with E-state index in [0.29, 0.717) is 11.1 Å². The first-order valence-corrected chi connectivity index (χ1v) is 11.3. The molecular formula is C29H24N2O5. The summed E-state index contributed by atoms with van der Waals surface area (Å²) < 4.78 is 0. The van der Waals surface area contributed by atoms with Crippen molar-refractivity contribution in [3.05, 3.63) is 131 Å². The fourth-order valence-corrected chi connectivity index (χ4v) is 3.72. The summed E-state index contributed by atoms with van der Waals surface area (Å²) in [4.78, 5) is 42.4. The molecule has 0 bridgehead atoms. The zero-order valence-electron chi connectivity index (χ0n) is 19.3. The fourth-order valence-electron chi connectivity index (χ4n) is 3.72. The standard InChI is InChI=1S/C29H24N2O5/c32-27(23-13-7-8-14-25(23)29(34)35)30-18-21-15-16-24(26(17-21)22-11-5-2-6-12-22)28(33)31-36-19-20-9-3-1-4-10-20/h1-17H,18-19H2,(H,30,32)(H,31,33)(H,34,35). The molecule has 0 radical (unpaired) electrons. The number of nitrogens with one attached hydrogen (secondary N) is 2. The Labute approximate surface area is 208 Å². The molecule has 3 N–H and O–H groups in total. The van der Waals surface area contributed by atoms with E-state index < -0.39 is 17.8 Å². The van der Waals surface area contributed by atoms with Crippen molar-refractivity contribution in [3.63, 3.8) is 0 Å². The highest BCUT2D eigenvalue weighted by Crippen LogP contribution is 2.25. The number of carboxylic acids is 1. The third-order valence-electron chi connectivity index (χ3n) is 5.52. The largest absolute Gasteiger partial charge is 0.478 e. The SMILES string of the molecule is O=C(O)c1ccccc1C(=O)NCc1ccc(C(=O)NOCc2ccccc2)c(-c2ccccc2)c1. The van der Waals surface area contributed by atoms with Crippen LogP contribution in [0.1, 0.15) is 42.2 Å². The van der Waals surface area contributed by atoms with E-state index in [9.17, 15) is 19.5 Å². The predicted molar refractivity (Wildman–Crippen MR) is 135 cm³/mol. The summed E-state index contributed by atoms with van der Waals surface area (Å²) in [5, 5.41) is 12.1. The minimum absolute atomic E-state index is 0.0671. The average molecular weight is 481 g/mol. The molecule has 0 saturated heterocycles. The van der Waals surface area contributed by atoms with Crippen LogP contribution in [0.3, 0.4) is 0 Å². The molecule has 0 heterocycles. The second-order valence-corrected chi connectivity index (χ2v) is 7.98. The topological polar surface area (TPSA) is 105 Å². The smallest absolute Gasteiger partial charge is 0.336 e. The van der Waals surface area contributed by atoms with Gasteiger partial charge in [0.2, 0.25) is 0 Å². The van der Waals surface area contributed by atoms with Crippen molar-refractivity contribution in [1.82, 2.24) is 10.8 Å². The molecule has 7 heteroatoms. The average Bonchev–Trinajstić information content (AvgIpc) is 2.92. The maximum atomic E-state index is 12.9. The Morgan fingerprint density at radius 1 is 0.667 bits per heavy atom. The lowest BCUT2D eigenvalue weighted by molar-refractivity contribution is 0.0234. The number of amides is 2. The zero-order valence-corrected chi connectivity index (χ0v) is 19.3. The van der Waals surface area contributed by atoms with E-state index in [1.54, 1.807) is 24.3 Å². The molecule has 0 fully saturated rings. The molecule has 180 valence electrons. The number of benzene rings is 4. The summed E-state index contributed by atoms with van der Waals surface area (Å²) in [6, 6.07) is 30.2. The van der Waals surface area contributed by atoms with Crippen LogP contribution in [0.25, 0.3) is 11.1 Å². The molecule has 2 amide bonds. The molecule has 7 nitrogen and oxygen atoms in total. The van der Waals surface area contributed by atoms with Gasteiger partial charge in [-0.3, -0.25) is 14.4 Å². The molecule has 36 heavy (non-hydrogen) atoms. The van der Waals surface area contributed by atoms with Gasteiger partial charge in [-0.1, -0.05) is 78.9 Å². The molecule has 0 aliphatic heterocycles. The Balaban J connectivity index is 1.51. The molecule has 0 aliphatic carbocycles. The van der Waals surface area contributed by atoms with Crippen LogP contribution in [0, 0.1) is 0 Å². The Bertz CT molecular complexity index is 1370. The van der Waals surface area contributed by atoms with Crippen molar-refractivity contribution in [1.29, 1.82) is 0 Å². The van der Waals surface area contributed by atoms with E-state index in [1.807, 2.05) is 66.7 Å². The van der Waals surface area contributed by atoms with Crippen LogP contribution < -0.4 is 10.8 Å². The molecule has 0 unspecified atom stereocenters. The number of hydrogen-bond acceptors (Lipinski definition) is 4. The van der Waals surface area contributed by atoms with Crippen molar-refractivity contribution in [2.75, 3.05) is 0 Å². The van der Waals surface area contributed by atoms with Crippen LogP contribution in [-0.2, 0) is 18.0 Å². The van der Waals surface area contributed by atoms with Crippen LogP contribution in [0.5, 0.6) is 0 Å². The summed E-state index contributed by atoms with van der Waals surface area (Å²) in [6.07, 6.45) is 0. The third-order valence-corrected chi connectivity index (χ3v) is 5.52. The monoisotopic (exact) mass is 480 g/mol. The van der Waals surface area contributed by atoms with Crippen LogP contribution in [0.15, 0.2) is 103 Å². The third kappa shape index (κ3) is 6.02. The quantitative estimate of drug-likeness (QED) is 0.297. The maximum Gasteiger partial charge on any atom is 0.336 e. The highest BCUT2D eigenvalue weighted by molar-refractivity contribution is 6.04. The molecule has 0 aliphatic rings. The summed E-state index contributed by atoms with van der Waals surface area (Å²) in [7, 11) is 0. The van der Waals surface area contributed by atoms with Gasteiger partial charge in [0, 0.05) is 12.1 Å². The van der Waals surface area contributed by atoms with E-state index in [4.69, 9.17) is 4.84 Å². The number of hydrogen-bond donors (Lipinski definition) is 3. The van der Waals surface area contributed by atoms with Gasteiger partial charge in [0.15, 0.2) is 0 Å². The van der Waals surface area contributed by atoms with Gasteiger partial charge in [0.1, 0.15) is 0 Å². The van der Waals surface area contributed by atoms with Gasteiger partial charge in [0.25, 0.3) is 11.8 Å². The zero-order chi connectivity index (χ0) is 25.3. The maximum absolute atomic E-state index is 12.9. The minimum Gasteiger partial charge on any atom is -0.478 e. The van der Waals surface area contributed by atoms with Crippen molar-refractivity contribution < 1.29 is 24.3 Å². The first kappa shape index (κ1) is 24.4. The van der Waals surface area contributed by atoms with E-state index >= 15 is 0 Å². The Morgan fingerprint density at radius 3 is 2.00 bits per heavy atom. The summed E-state index contributed by atoms with van der Waals surface area (Å²) in [6.45, 7) is 0.383. The van der Waals surface area contributed by atoms with Crippen LogP contribution in [-0.4, -0.2) is 22.9 Å². The molecule has 0 atom stereocenters. The molecule has 4 rings (SSSR count). The number of rotatable bonds is 9. The van der Waals surface area contributed by atoms with Gasteiger partial charge in [-0.2, -0.15) is 0 Å². The first-order valence-electron chi connectivity index (χ1n) is 11.3. The second-order valence-electron chi connectivity index (χ2n) is 7.98. The van der Waals surface area contributed by atoms with Crippen LogP contribution in [0.2, 0.25) is 0 Å². The van der Waals surface area contributed by atoms with Gasteiger partial charge in [-0.05, 0) is 46.5 Å². The van der Waals surface area contributed by atoms with Gasteiger partial charge >= 0.3 is 5.97 Å². The number of hydroxylamine groups is 1. The second kappa shape index (κ2) is 11.6.